The van der Waals surface area contributed by atoms with E-state index in [4.69, 9.17) is 0 Å². The number of hydrogen-bond donors (Lipinski definition) is 2. The van der Waals surface area contributed by atoms with Gasteiger partial charge in [0.25, 0.3) is 0 Å². The first-order valence-corrected chi connectivity index (χ1v) is 13.4. The summed E-state index contributed by atoms with van der Waals surface area (Å²) < 4.78 is 28.9. The number of aryl methyl sites for hydroxylation is 1. The van der Waals surface area contributed by atoms with Crippen LogP contribution in [0.4, 0.5) is 5.69 Å². The number of rotatable bonds is 9. The van der Waals surface area contributed by atoms with Crippen LogP contribution in [0.1, 0.15) is 42.3 Å². The quantitative estimate of drug-likeness (QED) is 0.474. The Morgan fingerprint density at radius 3 is 2.34 bits per heavy atom. The minimum atomic E-state index is -3.47. The molecule has 0 saturated carbocycles. The maximum absolute atomic E-state index is 12.7. The molecule has 186 valence electrons. The largest absolute Gasteiger partial charge is 0.325 e. The number of benzene rings is 2. The summed E-state index contributed by atoms with van der Waals surface area (Å²) in [5.74, 6) is -0.188. The van der Waals surface area contributed by atoms with E-state index in [9.17, 15) is 13.2 Å². The number of amides is 1. The van der Waals surface area contributed by atoms with Crippen LogP contribution in [-0.4, -0.2) is 47.5 Å². The van der Waals surface area contributed by atoms with Crippen LogP contribution in [0.15, 0.2) is 59.5 Å². The molecule has 2 N–H and O–H groups in total. The van der Waals surface area contributed by atoms with Crippen LogP contribution in [-0.2, 0) is 27.9 Å². The van der Waals surface area contributed by atoms with Crippen LogP contribution < -0.4 is 10.6 Å². The SMILES string of the molecule is Cc1nn(Cc2ccccc2)c(C)c1CNC(C)C(=O)Nc1ccc(S(=O)(=O)N2CCCC2)cc1. The Balaban J connectivity index is 1.33. The van der Waals surface area contributed by atoms with Crippen LogP contribution in [0.25, 0.3) is 0 Å². The number of hydrogen-bond acceptors (Lipinski definition) is 5. The molecule has 35 heavy (non-hydrogen) atoms. The molecule has 1 atom stereocenters. The molecule has 0 aliphatic carbocycles. The molecule has 2 heterocycles. The smallest absolute Gasteiger partial charge is 0.243 e. The van der Waals surface area contributed by atoms with Crippen LogP contribution in [0.2, 0.25) is 0 Å². The first-order chi connectivity index (χ1) is 16.8. The molecular formula is C26H33N5O3S. The highest BCUT2D eigenvalue weighted by atomic mass is 32.2. The molecule has 0 spiro atoms. The Morgan fingerprint density at radius 2 is 1.69 bits per heavy atom. The molecule has 1 amide bonds. The Hall–Kier alpha value is -3.01. The van der Waals surface area contributed by atoms with E-state index in [1.165, 1.54) is 9.87 Å². The minimum Gasteiger partial charge on any atom is -0.325 e. The molecule has 1 aliphatic heterocycles. The van der Waals surface area contributed by atoms with Gasteiger partial charge in [0.2, 0.25) is 15.9 Å². The summed E-state index contributed by atoms with van der Waals surface area (Å²) in [6.45, 7) is 8.18. The molecular weight excluding hydrogens is 462 g/mol. The first-order valence-electron chi connectivity index (χ1n) is 12.0. The summed E-state index contributed by atoms with van der Waals surface area (Å²) in [5.41, 5.74) is 4.84. The molecule has 1 unspecified atom stereocenters. The summed E-state index contributed by atoms with van der Waals surface area (Å²) in [4.78, 5) is 13.0. The maximum Gasteiger partial charge on any atom is 0.243 e. The van der Waals surface area contributed by atoms with Gasteiger partial charge < -0.3 is 10.6 Å². The predicted molar refractivity (Wildman–Crippen MR) is 137 cm³/mol. The van der Waals surface area contributed by atoms with E-state index >= 15 is 0 Å². The van der Waals surface area contributed by atoms with E-state index < -0.39 is 16.1 Å². The van der Waals surface area contributed by atoms with Gasteiger partial charge in [-0.2, -0.15) is 9.40 Å². The van der Waals surface area contributed by atoms with Crippen LogP contribution in [0, 0.1) is 13.8 Å². The van der Waals surface area contributed by atoms with Gasteiger partial charge in [0.1, 0.15) is 0 Å². The lowest BCUT2D eigenvalue weighted by atomic mass is 10.1. The summed E-state index contributed by atoms with van der Waals surface area (Å²) in [6, 6.07) is 16.1. The van der Waals surface area contributed by atoms with Gasteiger partial charge in [-0.1, -0.05) is 30.3 Å². The van der Waals surface area contributed by atoms with E-state index in [1.54, 1.807) is 31.2 Å². The molecule has 9 heteroatoms. The molecule has 1 aromatic heterocycles. The van der Waals surface area contributed by atoms with Crippen molar-refractivity contribution in [3.05, 3.63) is 77.1 Å². The highest BCUT2D eigenvalue weighted by molar-refractivity contribution is 7.89. The molecule has 0 radical (unpaired) electrons. The second-order valence-electron chi connectivity index (χ2n) is 9.02. The first kappa shape index (κ1) is 25.1. The molecule has 1 aliphatic rings. The highest BCUT2D eigenvalue weighted by Crippen LogP contribution is 2.22. The molecule has 4 rings (SSSR count). The van der Waals surface area contributed by atoms with Crippen molar-refractivity contribution in [3.8, 4) is 0 Å². The summed E-state index contributed by atoms with van der Waals surface area (Å²) in [5, 5.41) is 10.8. The van der Waals surface area contributed by atoms with Gasteiger partial charge in [0.05, 0.1) is 23.2 Å². The molecule has 8 nitrogen and oxygen atoms in total. The van der Waals surface area contributed by atoms with Gasteiger partial charge in [-0.05, 0) is 63.4 Å². The van der Waals surface area contributed by atoms with E-state index in [1.807, 2.05) is 36.7 Å². The lowest BCUT2D eigenvalue weighted by Gasteiger charge is -2.17. The molecule has 2 aromatic carbocycles. The third-order valence-corrected chi connectivity index (χ3v) is 8.42. The second-order valence-corrected chi connectivity index (χ2v) is 11.0. The minimum absolute atomic E-state index is 0.188. The lowest BCUT2D eigenvalue weighted by molar-refractivity contribution is -0.117. The van der Waals surface area contributed by atoms with Crippen molar-refractivity contribution in [2.24, 2.45) is 0 Å². The van der Waals surface area contributed by atoms with Gasteiger partial charge in [-0.25, -0.2) is 8.42 Å². The van der Waals surface area contributed by atoms with Gasteiger partial charge in [0, 0.05) is 36.6 Å². The Labute approximate surface area is 207 Å². The highest BCUT2D eigenvalue weighted by Gasteiger charge is 2.27. The fraction of sp³-hybridized carbons (Fsp3) is 0.385. The maximum atomic E-state index is 12.7. The molecule has 3 aromatic rings. The number of carbonyl (C=O) groups is 1. The van der Waals surface area contributed by atoms with Crippen molar-refractivity contribution in [2.45, 2.75) is 57.6 Å². The summed E-state index contributed by atoms with van der Waals surface area (Å²) in [7, 11) is -3.47. The van der Waals surface area contributed by atoms with Crippen molar-refractivity contribution in [1.29, 1.82) is 0 Å². The number of sulfonamides is 1. The van der Waals surface area contributed by atoms with Crippen molar-refractivity contribution < 1.29 is 13.2 Å². The zero-order chi connectivity index (χ0) is 25.0. The van der Waals surface area contributed by atoms with Crippen molar-refractivity contribution in [2.75, 3.05) is 18.4 Å². The molecule has 0 bridgehead atoms. The number of nitrogens with one attached hydrogen (secondary N) is 2. The van der Waals surface area contributed by atoms with Crippen LogP contribution in [0.3, 0.4) is 0 Å². The Bertz CT molecular complexity index is 1260. The third-order valence-electron chi connectivity index (χ3n) is 6.51. The molecule has 1 fully saturated rings. The van der Waals surface area contributed by atoms with E-state index in [0.717, 1.165) is 29.8 Å². The molecule has 1 saturated heterocycles. The normalized spacial score (nSPS) is 15.3. The summed E-state index contributed by atoms with van der Waals surface area (Å²) in [6.07, 6.45) is 1.79. The van der Waals surface area contributed by atoms with Gasteiger partial charge in [0.15, 0.2) is 0 Å². The van der Waals surface area contributed by atoms with Gasteiger partial charge in [-0.3, -0.25) is 9.48 Å². The third kappa shape index (κ3) is 5.80. The number of carbonyl (C=O) groups excluding carboxylic acids is 1. The van der Waals surface area contributed by atoms with E-state index in [0.29, 0.717) is 31.9 Å². The standard InChI is InChI=1S/C26H33N5O3S/c1-19-25(21(3)31(29-19)18-22-9-5-4-6-10-22)17-27-20(2)26(32)28-23-11-13-24(14-12-23)35(33,34)30-15-7-8-16-30/h4-6,9-14,20,27H,7-8,15-18H2,1-3H3,(H,28,32). The Kier molecular flexibility index (Phi) is 7.69. The average molecular weight is 496 g/mol. The second kappa shape index (κ2) is 10.7. The van der Waals surface area contributed by atoms with E-state index in [2.05, 4.69) is 27.9 Å². The van der Waals surface area contributed by atoms with E-state index in [-0.39, 0.29) is 10.8 Å². The van der Waals surface area contributed by atoms with Crippen LogP contribution in [0.5, 0.6) is 0 Å². The van der Waals surface area contributed by atoms with Gasteiger partial charge >= 0.3 is 0 Å². The fourth-order valence-electron chi connectivity index (χ4n) is 4.29. The van der Waals surface area contributed by atoms with Crippen molar-refractivity contribution >= 4 is 21.6 Å². The number of anilines is 1. The monoisotopic (exact) mass is 495 g/mol. The predicted octanol–water partition coefficient (Wildman–Crippen LogP) is 3.45. The van der Waals surface area contributed by atoms with Crippen LogP contribution >= 0.6 is 0 Å². The lowest BCUT2D eigenvalue weighted by Crippen LogP contribution is -2.37. The average Bonchev–Trinajstić information content (AvgIpc) is 3.48. The number of aromatic nitrogens is 2. The Morgan fingerprint density at radius 1 is 1.03 bits per heavy atom. The topological polar surface area (TPSA) is 96.3 Å². The van der Waals surface area contributed by atoms with Crippen molar-refractivity contribution in [3.63, 3.8) is 0 Å². The zero-order valence-electron chi connectivity index (χ0n) is 20.5. The van der Waals surface area contributed by atoms with Crippen molar-refractivity contribution in [1.82, 2.24) is 19.4 Å². The fourth-order valence-corrected chi connectivity index (χ4v) is 5.80. The van der Waals surface area contributed by atoms with Gasteiger partial charge in [-0.15, -0.1) is 0 Å². The zero-order valence-corrected chi connectivity index (χ0v) is 21.3. The summed E-state index contributed by atoms with van der Waals surface area (Å²) >= 11 is 0. The number of nitrogens with zero attached hydrogens (tertiary/aromatic N) is 3.